The maximum absolute atomic E-state index is 11.9. The van der Waals surface area contributed by atoms with E-state index in [9.17, 15) is 13.2 Å². The van der Waals surface area contributed by atoms with Crippen LogP contribution < -0.4 is 5.32 Å². The van der Waals surface area contributed by atoms with Crippen molar-refractivity contribution in [1.29, 1.82) is 0 Å². The van der Waals surface area contributed by atoms with Gasteiger partial charge in [0.25, 0.3) is 0 Å². The lowest BCUT2D eigenvalue weighted by Gasteiger charge is -2.01. The molecule has 1 heterocycles. The van der Waals surface area contributed by atoms with E-state index in [4.69, 9.17) is 16.0 Å². The van der Waals surface area contributed by atoms with Gasteiger partial charge in [-0.2, -0.15) is 0 Å². The molecule has 2 aromatic rings. The molecule has 22 heavy (non-hydrogen) atoms. The highest BCUT2D eigenvalue weighted by Crippen LogP contribution is 2.22. The van der Waals surface area contributed by atoms with Crippen molar-refractivity contribution < 1.29 is 17.6 Å². The molecule has 1 amide bonds. The average molecular weight is 343 g/mol. The van der Waals surface area contributed by atoms with Crippen molar-refractivity contribution in [2.24, 2.45) is 0 Å². The van der Waals surface area contributed by atoms with Crippen molar-refractivity contribution in [2.75, 3.05) is 12.8 Å². The van der Waals surface area contributed by atoms with Crippen molar-refractivity contribution in [3.63, 3.8) is 0 Å². The van der Waals surface area contributed by atoms with Gasteiger partial charge in [-0.15, -0.1) is 0 Å². The van der Waals surface area contributed by atoms with Crippen LogP contribution in [0.5, 0.6) is 0 Å². The molecule has 0 atom stereocenters. The first-order valence-electron chi connectivity index (χ1n) is 6.51. The van der Waals surface area contributed by atoms with E-state index in [1.165, 1.54) is 13.3 Å². The van der Waals surface area contributed by atoms with E-state index in [0.717, 1.165) is 0 Å². The summed E-state index contributed by atoms with van der Waals surface area (Å²) in [7, 11) is -1.96. The van der Waals surface area contributed by atoms with Crippen LogP contribution in [0.15, 0.2) is 34.9 Å². The summed E-state index contributed by atoms with van der Waals surface area (Å²) >= 11 is 5.89. The third kappa shape index (κ3) is 4.57. The number of benzene rings is 1. The maximum Gasteiger partial charge on any atom is 0.226 e. The minimum absolute atomic E-state index is 0.0716. The number of amides is 1. The molecule has 0 saturated heterocycles. The molecule has 0 unspecified atom stereocenters. The summed E-state index contributed by atoms with van der Waals surface area (Å²) in [6.45, 7) is 0. The van der Waals surface area contributed by atoms with Crippen LogP contribution in [-0.2, 0) is 20.4 Å². The summed E-state index contributed by atoms with van der Waals surface area (Å²) in [6, 6.07) is 6.92. The standard InChI is InChI=1S/C14H15ClN2O4S/c1-16-13(18)5-6-22(19,20)9-12-8-21-14(17-12)10-3-2-4-11(15)7-10/h2-4,7-8H,5-6,9H2,1H3,(H,16,18). The number of carbonyl (C=O) groups excluding carboxylic acids is 1. The second-order valence-corrected chi connectivity index (χ2v) is 7.29. The fourth-order valence-corrected chi connectivity index (χ4v) is 3.21. The van der Waals surface area contributed by atoms with Crippen LogP contribution in [0.1, 0.15) is 12.1 Å². The SMILES string of the molecule is CNC(=O)CCS(=O)(=O)Cc1coc(-c2cccc(Cl)c2)n1. The lowest BCUT2D eigenvalue weighted by atomic mass is 10.2. The van der Waals surface area contributed by atoms with Gasteiger partial charge in [-0.25, -0.2) is 13.4 Å². The number of rotatable bonds is 6. The van der Waals surface area contributed by atoms with Gasteiger partial charge in [0.1, 0.15) is 6.26 Å². The number of sulfone groups is 1. The fourth-order valence-electron chi connectivity index (χ4n) is 1.80. The van der Waals surface area contributed by atoms with Gasteiger partial charge in [-0.3, -0.25) is 4.79 Å². The van der Waals surface area contributed by atoms with E-state index in [0.29, 0.717) is 22.2 Å². The molecule has 0 spiro atoms. The molecule has 6 nitrogen and oxygen atoms in total. The molecule has 0 aliphatic rings. The summed E-state index contributed by atoms with van der Waals surface area (Å²) in [5.41, 5.74) is 0.966. The minimum Gasteiger partial charge on any atom is -0.444 e. The van der Waals surface area contributed by atoms with Gasteiger partial charge in [0.05, 0.1) is 17.2 Å². The Bertz CT molecular complexity index is 771. The lowest BCUT2D eigenvalue weighted by Crippen LogP contribution is -2.22. The Labute approximate surface area is 133 Å². The van der Waals surface area contributed by atoms with Crippen LogP contribution in [0.25, 0.3) is 11.5 Å². The molecule has 0 radical (unpaired) electrons. The highest BCUT2D eigenvalue weighted by Gasteiger charge is 2.17. The largest absolute Gasteiger partial charge is 0.444 e. The summed E-state index contributed by atoms with van der Waals surface area (Å²) in [5.74, 6) is -0.512. The van der Waals surface area contributed by atoms with Crippen molar-refractivity contribution in [3.8, 4) is 11.5 Å². The minimum atomic E-state index is -3.43. The molecule has 0 saturated carbocycles. The van der Waals surface area contributed by atoms with E-state index in [-0.39, 0.29) is 23.8 Å². The van der Waals surface area contributed by atoms with Gasteiger partial charge in [0.15, 0.2) is 9.84 Å². The molecule has 118 valence electrons. The van der Waals surface area contributed by atoms with E-state index in [1.807, 2.05) is 0 Å². The van der Waals surface area contributed by atoms with Crippen molar-refractivity contribution in [3.05, 3.63) is 41.2 Å². The summed E-state index contributed by atoms with van der Waals surface area (Å²) in [5, 5.41) is 2.92. The van der Waals surface area contributed by atoms with Crippen LogP contribution in [0.2, 0.25) is 5.02 Å². The Morgan fingerprint density at radius 2 is 2.18 bits per heavy atom. The fraction of sp³-hybridized carbons (Fsp3) is 0.286. The Balaban J connectivity index is 2.07. The highest BCUT2D eigenvalue weighted by atomic mass is 35.5. The van der Waals surface area contributed by atoms with Gasteiger partial charge in [-0.05, 0) is 18.2 Å². The molecular weight excluding hydrogens is 328 g/mol. The Morgan fingerprint density at radius 3 is 2.86 bits per heavy atom. The Morgan fingerprint density at radius 1 is 1.41 bits per heavy atom. The van der Waals surface area contributed by atoms with Gasteiger partial charge in [0.2, 0.25) is 11.8 Å². The summed E-state index contributed by atoms with van der Waals surface area (Å²) < 4.78 is 29.2. The van der Waals surface area contributed by atoms with E-state index in [1.54, 1.807) is 24.3 Å². The van der Waals surface area contributed by atoms with Crippen LogP contribution in [0, 0.1) is 0 Å². The number of hydrogen-bond donors (Lipinski definition) is 1. The number of carbonyl (C=O) groups is 1. The Kier molecular flexibility index (Phi) is 5.20. The van der Waals surface area contributed by atoms with Crippen LogP contribution in [0.3, 0.4) is 0 Å². The Hall–Kier alpha value is -1.86. The molecule has 0 bridgehead atoms. The predicted molar refractivity (Wildman–Crippen MR) is 83.1 cm³/mol. The average Bonchev–Trinajstić information content (AvgIpc) is 2.92. The first kappa shape index (κ1) is 16.5. The van der Waals surface area contributed by atoms with Crippen molar-refractivity contribution >= 4 is 27.3 Å². The van der Waals surface area contributed by atoms with Crippen molar-refractivity contribution in [2.45, 2.75) is 12.2 Å². The summed E-state index contributed by atoms with van der Waals surface area (Å²) in [6.07, 6.45) is 1.23. The molecule has 0 fully saturated rings. The number of nitrogens with zero attached hydrogens (tertiary/aromatic N) is 1. The third-order valence-corrected chi connectivity index (χ3v) is 4.71. The zero-order chi connectivity index (χ0) is 16.2. The molecule has 2 rings (SSSR count). The first-order chi connectivity index (χ1) is 10.4. The molecule has 0 aliphatic carbocycles. The topological polar surface area (TPSA) is 89.3 Å². The highest BCUT2D eigenvalue weighted by molar-refractivity contribution is 7.90. The van der Waals surface area contributed by atoms with Gasteiger partial charge >= 0.3 is 0 Å². The molecule has 1 aromatic carbocycles. The van der Waals surface area contributed by atoms with Crippen LogP contribution >= 0.6 is 11.6 Å². The maximum atomic E-state index is 11.9. The van der Waals surface area contributed by atoms with E-state index < -0.39 is 9.84 Å². The predicted octanol–water partition coefficient (Wildman–Crippen LogP) is 2.05. The van der Waals surface area contributed by atoms with Gasteiger partial charge in [-0.1, -0.05) is 17.7 Å². The van der Waals surface area contributed by atoms with E-state index >= 15 is 0 Å². The van der Waals surface area contributed by atoms with Gasteiger partial charge < -0.3 is 9.73 Å². The molecule has 1 N–H and O–H groups in total. The third-order valence-electron chi connectivity index (χ3n) is 2.91. The molecule has 0 aliphatic heterocycles. The first-order valence-corrected chi connectivity index (χ1v) is 8.71. The smallest absolute Gasteiger partial charge is 0.226 e. The number of hydrogen-bond acceptors (Lipinski definition) is 5. The lowest BCUT2D eigenvalue weighted by molar-refractivity contribution is -0.120. The molecule has 8 heteroatoms. The second-order valence-electron chi connectivity index (χ2n) is 4.67. The van der Waals surface area contributed by atoms with Crippen molar-refractivity contribution in [1.82, 2.24) is 10.3 Å². The van der Waals surface area contributed by atoms with E-state index in [2.05, 4.69) is 10.3 Å². The molecule has 1 aromatic heterocycles. The quantitative estimate of drug-likeness (QED) is 0.867. The van der Waals surface area contributed by atoms with Crippen LogP contribution in [-0.4, -0.2) is 32.1 Å². The zero-order valence-corrected chi connectivity index (χ0v) is 13.4. The number of oxazole rings is 1. The zero-order valence-electron chi connectivity index (χ0n) is 11.9. The number of halogens is 1. The second kappa shape index (κ2) is 6.93. The van der Waals surface area contributed by atoms with Gasteiger partial charge in [0, 0.05) is 24.1 Å². The van der Waals surface area contributed by atoms with Crippen LogP contribution in [0.4, 0.5) is 0 Å². The normalized spacial score (nSPS) is 11.4. The number of nitrogens with one attached hydrogen (secondary N) is 1. The monoisotopic (exact) mass is 342 g/mol. The molecular formula is C14H15ClN2O4S. The number of aromatic nitrogens is 1. The summed E-state index contributed by atoms with van der Waals surface area (Å²) in [4.78, 5) is 15.3.